The van der Waals surface area contributed by atoms with Crippen molar-refractivity contribution in [1.82, 2.24) is 4.31 Å². The zero-order chi connectivity index (χ0) is 9.90. The molecule has 0 saturated heterocycles. The molecule has 0 unspecified atom stereocenters. The predicted molar refractivity (Wildman–Crippen MR) is 56.6 cm³/mol. The number of hydrogen-bond acceptors (Lipinski definition) is 4. The van der Waals surface area contributed by atoms with Gasteiger partial charge in [-0.1, -0.05) is 18.7 Å². The maximum atomic E-state index is 11.5. The summed E-state index contributed by atoms with van der Waals surface area (Å²) in [6.07, 6.45) is 0. The van der Waals surface area contributed by atoms with Gasteiger partial charge in [-0.25, -0.2) is 12.7 Å². The summed E-state index contributed by atoms with van der Waals surface area (Å²) in [6, 6.07) is 0. The Morgan fingerprint density at radius 1 is 1.54 bits per heavy atom. The van der Waals surface area contributed by atoms with E-state index in [1.807, 2.05) is 6.92 Å². The number of thioether (sulfide) groups is 1. The van der Waals surface area contributed by atoms with Gasteiger partial charge in [-0.05, 0) is 12.7 Å². The molecule has 0 aliphatic carbocycles. The van der Waals surface area contributed by atoms with Crippen molar-refractivity contribution >= 4 is 27.0 Å². The van der Waals surface area contributed by atoms with E-state index in [9.17, 15) is 8.42 Å². The topological polar surface area (TPSA) is 49.7 Å². The summed E-state index contributed by atoms with van der Waals surface area (Å²) in [5.41, 5.74) is 0. The average molecular weight is 222 g/mol. The van der Waals surface area contributed by atoms with E-state index < -0.39 is 10.0 Å². The van der Waals surface area contributed by atoms with Crippen molar-refractivity contribution in [1.29, 1.82) is 0 Å². The highest BCUT2D eigenvalue weighted by Crippen LogP contribution is 2.17. The normalized spacial score (nSPS) is 17.7. The molecule has 0 radical (unpaired) electrons. The van der Waals surface area contributed by atoms with E-state index in [2.05, 4.69) is 4.99 Å². The summed E-state index contributed by atoms with van der Waals surface area (Å²) in [5, 5.41) is 0.657. The van der Waals surface area contributed by atoms with Gasteiger partial charge in [-0.15, -0.1) is 0 Å². The molecule has 1 heterocycles. The highest BCUT2D eigenvalue weighted by atomic mass is 32.2. The average Bonchev–Trinajstić information content (AvgIpc) is 2.54. The number of rotatable bonds is 3. The standard InChI is InChI=1S/C7H14N2O2S2/c1-3-12-7-8-5-6-9(7)13(10,11)4-2/h3-6H2,1-2H3. The minimum Gasteiger partial charge on any atom is -0.260 e. The highest BCUT2D eigenvalue weighted by Gasteiger charge is 2.26. The number of hydrogen-bond donors (Lipinski definition) is 0. The quantitative estimate of drug-likeness (QED) is 0.708. The number of sulfonamides is 1. The molecule has 6 heteroatoms. The molecule has 1 aliphatic rings. The van der Waals surface area contributed by atoms with Crippen LogP contribution < -0.4 is 0 Å². The van der Waals surface area contributed by atoms with E-state index in [0.717, 1.165) is 5.75 Å². The van der Waals surface area contributed by atoms with Crippen LogP contribution in [0.15, 0.2) is 4.99 Å². The minimum atomic E-state index is -3.09. The van der Waals surface area contributed by atoms with E-state index in [-0.39, 0.29) is 5.75 Å². The molecule has 0 saturated carbocycles. The molecule has 4 nitrogen and oxygen atoms in total. The molecule has 76 valence electrons. The van der Waals surface area contributed by atoms with E-state index in [1.165, 1.54) is 16.1 Å². The van der Waals surface area contributed by atoms with Gasteiger partial charge in [0.05, 0.1) is 18.8 Å². The fourth-order valence-corrected chi connectivity index (χ4v) is 3.21. The summed E-state index contributed by atoms with van der Waals surface area (Å²) in [7, 11) is -3.09. The van der Waals surface area contributed by atoms with Crippen molar-refractivity contribution < 1.29 is 8.42 Å². The van der Waals surface area contributed by atoms with Gasteiger partial charge in [0.25, 0.3) is 0 Å². The van der Waals surface area contributed by atoms with E-state index in [0.29, 0.717) is 18.3 Å². The molecule has 0 aromatic rings. The van der Waals surface area contributed by atoms with Crippen LogP contribution in [0.5, 0.6) is 0 Å². The molecular formula is C7H14N2O2S2. The number of aliphatic imine (C=N–C) groups is 1. The second-order valence-electron chi connectivity index (χ2n) is 2.57. The summed E-state index contributed by atoms with van der Waals surface area (Å²) in [5.74, 6) is 1.00. The van der Waals surface area contributed by atoms with Gasteiger partial charge in [0, 0.05) is 0 Å². The molecule has 1 rings (SSSR count). The molecule has 0 amide bonds. The molecule has 0 atom stereocenters. The molecule has 1 aliphatic heterocycles. The summed E-state index contributed by atoms with van der Waals surface area (Å²) in [4.78, 5) is 4.15. The maximum absolute atomic E-state index is 11.5. The molecule has 0 fully saturated rings. The Bertz CT molecular complexity index is 298. The van der Waals surface area contributed by atoms with Crippen LogP contribution in [-0.2, 0) is 10.0 Å². The molecule has 13 heavy (non-hydrogen) atoms. The van der Waals surface area contributed by atoms with Crippen LogP contribution in [0.1, 0.15) is 13.8 Å². The van der Waals surface area contributed by atoms with Gasteiger partial charge in [0.15, 0.2) is 5.17 Å². The van der Waals surface area contributed by atoms with Crippen molar-refractivity contribution in [3.05, 3.63) is 0 Å². The molecule has 0 aromatic carbocycles. The fourth-order valence-electron chi connectivity index (χ4n) is 1.07. The van der Waals surface area contributed by atoms with Gasteiger partial charge in [-0.2, -0.15) is 0 Å². The zero-order valence-electron chi connectivity index (χ0n) is 7.86. The third-order valence-electron chi connectivity index (χ3n) is 1.74. The molecule has 0 bridgehead atoms. The highest BCUT2D eigenvalue weighted by molar-refractivity contribution is 8.14. The van der Waals surface area contributed by atoms with Crippen LogP contribution in [0.2, 0.25) is 0 Å². The first-order chi connectivity index (χ1) is 6.11. The lowest BCUT2D eigenvalue weighted by Crippen LogP contribution is -2.34. The van der Waals surface area contributed by atoms with Gasteiger partial charge in [0.1, 0.15) is 0 Å². The van der Waals surface area contributed by atoms with Gasteiger partial charge in [-0.3, -0.25) is 4.99 Å². The minimum absolute atomic E-state index is 0.149. The lowest BCUT2D eigenvalue weighted by molar-refractivity contribution is 0.541. The van der Waals surface area contributed by atoms with Gasteiger partial charge in [0.2, 0.25) is 10.0 Å². The predicted octanol–water partition coefficient (Wildman–Crippen LogP) is 0.761. The summed E-state index contributed by atoms with van der Waals surface area (Å²) >= 11 is 1.49. The largest absolute Gasteiger partial charge is 0.260 e. The monoisotopic (exact) mass is 222 g/mol. The second-order valence-corrected chi connectivity index (χ2v) is 5.98. The molecule has 0 spiro atoms. The van der Waals surface area contributed by atoms with Gasteiger partial charge < -0.3 is 0 Å². The SMILES string of the molecule is CCSC1=NCCN1S(=O)(=O)CC. The summed E-state index contributed by atoms with van der Waals surface area (Å²) < 4.78 is 24.5. The third kappa shape index (κ3) is 2.37. The van der Waals surface area contributed by atoms with Crippen LogP contribution in [0.3, 0.4) is 0 Å². The lowest BCUT2D eigenvalue weighted by atomic mass is 10.7. The number of amidine groups is 1. The van der Waals surface area contributed by atoms with E-state index in [1.54, 1.807) is 6.92 Å². The Morgan fingerprint density at radius 3 is 2.77 bits per heavy atom. The Kier molecular flexibility index (Phi) is 3.61. The van der Waals surface area contributed by atoms with Crippen molar-refractivity contribution in [2.24, 2.45) is 4.99 Å². The molecule has 0 aromatic heterocycles. The maximum Gasteiger partial charge on any atom is 0.236 e. The fraction of sp³-hybridized carbons (Fsp3) is 0.857. The van der Waals surface area contributed by atoms with Crippen molar-refractivity contribution in [2.75, 3.05) is 24.6 Å². The number of nitrogens with zero attached hydrogens (tertiary/aromatic N) is 2. The Labute approximate surface area is 83.5 Å². The lowest BCUT2D eigenvalue weighted by Gasteiger charge is -2.17. The Balaban J connectivity index is 2.77. The summed E-state index contributed by atoms with van der Waals surface area (Å²) in [6.45, 7) is 4.75. The van der Waals surface area contributed by atoms with Crippen LogP contribution in [0, 0.1) is 0 Å². The van der Waals surface area contributed by atoms with Crippen LogP contribution >= 0.6 is 11.8 Å². The van der Waals surface area contributed by atoms with Crippen molar-refractivity contribution in [3.63, 3.8) is 0 Å². The van der Waals surface area contributed by atoms with Crippen LogP contribution in [0.25, 0.3) is 0 Å². The van der Waals surface area contributed by atoms with E-state index >= 15 is 0 Å². The first-order valence-corrected chi connectivity index (χ1v) is 6.89. The second kappa shape index (κ2) is 4.32. The van der Waals surface area contributed by atoms with Gasteiger partial charge >= 0.3 is 0 Å². The van der Waals surface area contributed by atoms with Crippen LogP contribution in [-0.4, -0.2) is 42.5 Å². The van der Waals surface area contributed by atoms with E-state index in [4.69, 9.17) is 0 Å². The smallest absolute Gasteiger partial charge is 0.236 e. The van der Waals surface area contributed by atoms with Crippen molar-refractivity contribution in [3.8, 4) is 0 Å². The van der Waals surface area contributed by atoms with Crippen molar-refractivity contribution in [2.45, 2.75) is 13.8 Å². The molecular weight excluding hydrogens is 208 g/mol. The first kappa shape index (κ1) is 10.8. The first-order valence-electron chi connectivity index (χ1n) is 4.29. The zero-order valence-corrected chi connectivity index (χ0v) is 9.49. The Hall–Kier alpha value is -0.230. The third-order valence-corrected chi connectivity index (χ3v) is 4.51. The molecule has 0 N–H and O–H groups in total. The Morgan fingerprint density at radius 2 is 2.23 bits per heavy atom. The van der Waals surface area contributed by atoms with Crippen LogP contribution in [0.4, 0.5) is 0 Å².